The number of ether oxygens (including phenoxy) is 1. The molecule has 0 radical (unpaired) electrons. The van der Waals surface area contributed by atoms with E-state index in [1.54, 1.807) is 0 Å². The molecule has 0 spiro atoms. The summed E-state index contributed by atoms with van der Waals surface area (Å²) >= 11 is 0. The normalized spacial score (nSPS) is 23.9. The monoisotopic (exact) mass is 297 g/mol. The molecule has 2 rings (SSSR count). The van der Waals surface area contributed by atoms with Crippen molar-refractivity contribution in [2.75, 3.05) is 39.4 Å². The first kappa shape index (κ1) is 16.7. The van der Waals surface area contributed by atoms with E-state index in [9.17, 15) is 4.79 Å². The van der Waals surface area contributed by atoms with Gasteiger partial charge in [-0.15, -0.1) is 0 Å². The summed E-state index contributed by atoms with van der Waals surface area (Å²) in [5.41, 5.74) is 6.05. The molecule has 1 atom stereocenters. The fraction of sp³-hybridized carbons (Fsp3) is 0.938. The van der Waals surface area contributed by atoms with E-state index < -0.39 is 0 Å². The van der Waals surface area contributed by atoms with Gasteiger partial charge < -0.3 is 20.7 Å². The minimum Gasteiger partial charge on any atom is -0.381 e. The summed E-state index contributed by atoms with van der Waals surface area (Å²) < 4.78 is 5.31. The van der Waals surface area contributed by atoms with Crippen LogP contribution in [0.4, 0.5) is 0 Å². The van der Waals surface area contributed by atoms with Gasteiger partial charge in [0.05, 0.1) is 6.04 Å². The molecule has 5 heteroatoms. The zero-order chi connectivity index (χ0) is 15.1. The van der Waals surface area contributed by atoms with Crippen molar-refractivity contribution in [3.05, 3.63) is 0 Å². The molecule has 21 heavy (non-hydrogen) atoms. The van der Waals surface area contributed by atoms with Crippen molar-refractivity contribution in [3.8, 4) is 0 Å². The maximum atomic E-state index is 12.0. The molecule has 0 aromatic carbocycles. The predicted molar refractivity (Wildman–Crippen MR) is 84.0 cm³/mol. The lowest BCUT2D eigenvalue weighted by Crippen LogP contribution is -2.47. The fourth-order valence-corrected chi connectivity index (χ4v) is 3.21. The Morgan fingerprint density at radius 2 is 1.95 bits per heavy atom. The summed E-state index contributed by atoms with van der Waals surface area (Å²) in [6, 6.07) is -0.371. The third-order valence-corrected chi connectivity index (χ3v) is 4.90. The van der Waals surface area contributed by atoms with Gasteiger partial charge in [-0.25, -0.2) is 0 Å². The van der Waals surface area contributed by atoms with Crippen LogP contribution >= 0.6 is 0 Å². The number of nitrogens with zero attached hydrogens (tertiary/aromatic N) is 1. The van der Waals surface area contributed by atoms with Gasteiger partial charge >= 0.3 is 0 Å². The van der Waals surface area contributed by atoms with Crippen molar-refractivity contribution >= 4 is 5.91 Å². The molecule has 0 bridgehead atoms. The van der Waals surface area contributed by atoms with Crippen LogP contribution in [0.2, 0.25) is 0 Å². The highest BCUT2D eigenvalue weighted by Crippen LogP contribution is 2.18. The Hall–Kier alpha value is -0.650. The van der Waals surface area contributed by atoms with E-state index in [-0.39, 0.29) is 17.9 Å². The lowest BCUT2D eigenvalue weighted by Gasteiger charge is -2.30. The van der Waals surface area contributed by atoms with Crippen molar-refractivity contribution in [2.45, 2.75) is 45.1 Å². The molecule has 3 N–H and O–H groups in total. The molecule has 0 aromatic rings. The molecule has 1 amide bonds. The molecule has 2 aliphatic heterocycles. The number of carbonyl (C=O) groups is 1. The van der Waals surface area contributed by atoms with E-state index in [4.69, 9.17) is 10.5 Å². The Morgan fingerprint density at radius 1 is 1.29 bits per heavy atom. The first-order valence-electron chi connectivity index (χ1n) is 8.50. The van der Waals surface area contributed by atoms with E-state index in [2.05, 4.69) is 17.1 Å². The highest BCUT2D eigenvalue weighted by atomic mass is 16.5. The zero-order valence-corrected chi connectivity index (χ0v) is 13.4. The molecule has 122 valence electrons. The van der Waals surface area contributed by atoms with E-state index in [0.29, 0.717) is 0 Å². The zero-order valence-electron chi connectivity index (χ0n) is 13.4. The molecule has 2 heterocycles. The van der Waals surface area contributed by atoms with Crippen molar-refractivity contribution < 1.29 is 9.53 Å². The maximum Gasteiger partial charge on any atom is 0.237 e. The average Bonchev–Trinajstić information content (AvgIpc) is 2.53. The Labute approximate surface area is 128 Å². The van der Waals surface area contributed by atoms with Crippen LogP contribution in [0.5, 0.6) is 0 Å². The molecule has 0 saturated carbocycles. The molecular formula is C16H31N3O2. The van der Waals surface area contributed by atoms with Crippen molar-refractivity contribution in [1.82, 2.24) is 10.2 Å². The predicted octanol–water partition coefficient (Wildman–Crippen LogP) is 0.979. The van der Waals surface area contributed by atoms with Gasteiger partial charge in [-0.2, -0.15) is 0 Å². The van der Waals surface area contributed by atoms with Gasteiger partial charge in [0.15, 0.2) is 0 Å². The summed E-state index contributed by atoms with van der Waals surface area (Å²) in [5, 5.41) is 3.00. The van der Waals surface area contributed by atoms with Crippen LogP contribution in [0, 0.1) is 11.8 Å². The van der Waals surface area contributed by atoms with Crippen molar-refractivity contribution in [3.63, 3.8) is 0 Å². The molecule has 2 aliphatic rings. The highest BCUT2D eigenvalue weighted by Gasteiger charge is 2.26. The number of likely N-dealkylation sites (tertiary alicyclic amines) is 1. The Morgan fingerprint density at radius 3 is 2.62 bits per heavy atom. The summed E-state index contributed by atoms with van der Waals surface area (Å²) in [7, 11) is 0. The van der Waals surface area contributed by atoms with Crippen LogP contribution < -0.4 is 11.1 Å². The van der Waals surface area contributed by atoms with Crippen LogP contribution in [0.25, 0.3) is 0 Å². The first-order chi connectivity index (χ1) is 10.2. The Balaban J connectivity index is 1.56. The molecular weight excluding hydrogens is 266 g/mol. The second-order valence-electron chi connectivity index (χ2n) is 6.64. The summed E-state index contributed by atoms with van der Waals surface area (Å²) in [6.07, 6.45) is 5.43. The van der Waals surface area contributed by atoms with Gasteiger partial charge in [-0.05, 0) is 63.6 Å². The molecule has 2 saturated heterocycles. The molecule has 0 aromatic heterocycles. The quantitative estimate of drug-likeness (QED) is 0.717. The number of hydrogen-bond acceptors (Lipinski definition) is 4. The third kappa shape index (κ3) is 5.57. The second kappa shape index (κ2) is 8.71. The first-order valence-corrected chi connectivity index (χ1v) is 8.50. The van der Waals surface area contributed by atoms with Crippen LogP contribution in [-0.4, -0.2) is 56.2 Å². The molecule has 1 unspecified atom stereocenters. The number of carbonyl (C=O) groups excluding carboxylic acids is 1. The standard InChI is InChI=1S/C16H31N3O2/c1-13-3-9-19(10-4-13)8-2-7-18-16(20)15(17)14-5-11-21-12-6-14/h13-15H,2-12,17H2,1H3,(H,18,20). The molecule has 5 nitrogen and oxygen atoms in total. The molecule has 2 fully saturated rings. The van der Waals surface area contributed by atoms with Crippen molar-refractivity contribution in [1.29, 1.82) is 0 Å². The Kier molecular flexibility index (Phi) is 6.93. The highest BCUT2D eigenvalue weighted by molar-refractivity contribution is 5.81. The third-order valence-electron chi connectivity index (χ3n) is 4.90. The Bertz CT molecular complexity index is 311. The minimum atomic E-state index is -0.371. The number of rotatable bonds is 6. The molecule has 0 aliphatic carbocycles. The number of piperidine rings is 1. The van der Waals surface area contributed by atoms with Crippen molar-refractivity contribution in [2.24, 2.45) is 17.6 Å². The van der Waals surface area contributed by atoms with E-state index >= 15 is 0 Å². The van der Waals surface area contributed by atoms with Crippen LogP contribution in [0.1, 0.15) is 39.0 Å². The van der Waals surface area contributed by atoms with Gasteiger partial charge in [0, 0.05) is 19.8 Å². The lowest BCUT2D eigenvalue weighted by atomic mass is 9.92. The van der Waals surface area contributed by atoms with E-state index in [1.165, 1.54) is 25.9 Å². The van der Waals surface area contributed by atoms with Gasteiger partial charge in [0.1, 0.15) is 0 Å². The number of nitrogens with one attached hydrogen (secondary N) is 1. The van der Waals surface area contributed by atoms with Gasteiger partial charge in [-0.1, -0.05) is 6.92 Å². The van der Waals surface area contributed by atoms with Gasteiger partial charge in [-0.3, -0.25) is 4.79 Å². The summed E-state index contributed by atoms with van der Waals surface area (Å²) in [4.78, 5) is 14.6. The lowest BCUT2D eigenvalue weighted by molar-refractivity contribution is -0.124. The summed E-state index contributed by atoms with van der Waals surface area (Å²) in [5.74, 6) is 1.16. The number of nitrogens with two attached hydrogens (primary N) is 1. The fourth-order valence-electron chi connectivity index (χ4n) is 3.21. The smallest absolute Gasteiger partial charge is 0.237 e. The van der Waals surface area contributed by atoms with Crippen LogP contribution in [0.3, 0.4) is 0 Å². The largest absolute Gasteiger partial charge is 0.381 e. The maximum absolute atomic E-state index is 12.0. The summed E-state index contributed by atoms with van der Waals surface area (Å²) in [6.45, 7) is 8.03. The van der Waals surface area contributed by atoms with Gasteiger partial charge in [0.2, 0.25) is 5.91 Å². The van der Waals surface area contributed by atoms with Crippen LogP contribution in [-0.2, 0) is 9.53 Å². The average molecular weight is 297 g/mol. The van der Waals surface area contributed by atoms with E-state index in [0.717, 1.165) is 51.5 Å². The number of amides is 1. The second-order valence-corrected chi connectivity index (χ2v) is 6.64. The minimum absolute atomic E-state index is 0.00849. The van der Waals surface area contributed by atoms with E-state index in [1.807, 2.05) is 0 Å². The van der Waals surface area contributed by atoms with Crippen LogP contribution in [0.15, 0.2) is 0 Å². The number of hydrogen-bond donors (Lipinski definition) is 2. The van der Waals surface area contributed by atoms with Gasteiger partial charge in [0.25, 0.3) is 0 Å². The topological polar surface area (TPSA) is 67.6 Å². The SMILES string of the molecule is CC1CCN(CCCNC(=O)C(N)C2CCOCC2)CC1.